The number of benzene rings is 1. The Morgan fingerprint density at radius 3 is 2.76 bits per heavy atom. The number of nitrogens with one attached hydrogen (secondary N) is 2. The average molecular weight is 438 g/mol. The summed E-state index contributed by atoms with van der Waals surface area (Å²) in [5.41, 5.74) is 1.75. The average Bonchev–Trinajstić information content (AvgIpc) is 3.21. The van der Waals surface area contributed by atoms with Crippen LogP contribution in [0.25, 0.3) is 0 Å². The van der Waals surface area contributed by atoms with Crippen LogP contribution in [-0.2, 0) is 26.0 Å². The first kappa shape index (κ1) is 21.3. The number of fused-ring (bicyclic) bond motifs is 1. The van der Waals surface area contributed by atoms with Gasteiger partial charge >= 0.3 is 11.8 Å². The number of hydrogen-bond acceptors (Lipinski definition) is 6. The van der Waals surface area contributed by atoms with Gasteiger partial charge in [0.1, 0.15) is 0 Å². The standard InChI is InChI=1S/C19H23N3O5S2/c1-29(26,27)22-10-2-4-13-6-7-14(12-15(13)22)21-19(25)18(24)20-9-8-16(23)17-5-3-11-28-17/h3,5-7,11-12,16,23H,2,4,8-10H2,1H3,(H,20,24)(H,21,25)/t16-/m1/s1. The van der Waals surface area contributed by atoms with Crippen molar-refractivity contribution in [3.05, 3.63) is 46.2 Å². The summed E-state index contributed by atoms with van der Waals surface area (Å²) in [6.45, 7) is 0.535. The summed E-state index contributed by atoms with van der Waals surface area (Å²) in [6, 6.07) is 8.62. The molecule has 29 heavy (non-hydrogen) atoms. The SMILES string of the molecule is CS(=O)(=O)N1CCCc2ccc(NC(=O)C(=O)NCC[C@@H](O)c3cccs3)cc21. The van der Waals surface area contributed by atoms with Crippen molar-refractivity contribution in [2.45, 2.75) is 25.4 Å². The highest BCUT2D eigenvalue weighted by Gasteiger charge is 2.25. The van der Waals surface area contributed by atoms with Gasteiger partial charge in [0, 0.05) is 23.7 Å². The molecule has 0 radical (unpaired) electrons. The third kappa shape index (κ3) is 5.34. The Morgan fingerprint density at radius 2 is 2.07 bits per heavy atom. The third-order valence-corrected chi connectivity index (χ3v) is 6.75. The predicted octanol–water partition coefficient (Wildman–Crippen LogP) is 1.64. The van der Waals surface area contributed by atoms with Crippen LogP contribution < -0.4 is 14.9 Å². The molecule has 10 heteroatoms. The summed E-state index contributed by atoms with van der Waals surface area (Å²) >= 11 is 1.42. The monoisotopic (exact) mass is 437 g/mol. The van der Waals surface area contributed by atoms with Gasteiger partial charge in [-0.1, -0.05) is 12.1 Å². The number of rotatable bonds is 6. The van der Waals surface area contributed by atoms with Crippen molar-refractivity contribution in [3.63, 3.8) is 0 Å². The number of amides is 2. The van der Waals surface area contributed by atoms with E-state index in [0.29, 0.717) is 24.3 Å². The summed E-state index contributed by atoms with van der Waals surface area (Å²) in [7, 11) is -3.42. The van der Waals surface area contributed by atoms with Crippen LogP contribution in [0.2, 0.25) is 0 Å². The molecule has 1 atom stereocenters. The Morgan fingerprint density at radius 1 is 1.28 bits per heavy atom. The Kier molecular flexibility index (Phi) is 6.56. The Labute approximate surface area is 173 Å². The highest BCUT2D eigenvalue weighted by Crippen LogP contribution is 2.31. The maximum atomic E-state index is 12.1. The molecular formula is C19H23N3O5S2. The van der Waals surface area contributed by atoms with Crippen molar-refractivity contribution in [1.82, 2.24) is 5.32 Å². The normalized spacial score (nSPS) is 14.8. The molecule has 0 aliphatic carbocycles. The second-order valence-corrected chi connectivity index (χ2v) is 9.70. The van der Waals surface area contributed by atoms with Gasteiger partial charge in [0.25, 0.3) is 0 Å². The molecular weight excluding hydrogens is 414 g/mol. The Hall–Kier alpha value is -2.43. The van der Waals surface area contributed by atoms with Crippen molar-refractivity contribution in [2.75, 3.05) is 29.0 Å². The van der Waals surface area contributed by atoms with E-state index in [0.717, 1.165) is 29.5 Å². The molecule has 1 aromatic heterocycles. The molecule has 2 heterocycles. The van der Waals surface area contributed by atoms with Crippen molar-refractivity contribution in [2.24, 2.45) is 0 Å². The first-order valence-corrected chi connectivity index (χ1v) is 11.9. The van der Waals surface area contributed by atoms with E-state index >= 15 is 0 Å². The van der Waals surface area contributed by atoms with Crippen LogP contribution in [0, 0.1) is 0 Å². The van der Waals surface area contributed by atoms with Gasteiger partial charge in [-0.25, -0.2) is 8.42 Å². The minimum atomic E-state index is -3.42. The van der Waals surface area contributed by atoms with Crippen molar-refractivity contribution in [3.8, 4) is 0 Å². The lowest BCUT2D eigenvalue weighted by Crippen LogP contribution is -2.37. The molecule has 1 aliphatic heterocycles. The van der Waals surface area contributed by atoms with E-state index in [-0.39, 0.29) is 6.54 Å². The van der Waals surface area contributed by atoms with Crippen LogP contribution >= 0.6 is 11.3 Å². The lowest BCUT2D eigenvalue weighted by atomic mass is 10.0. The van der Waals surface area contributed by atoms with Gasteiger partial charge in [-0.15, -0.1) is 11.3 Å². The zero-order valence-electron chi connectivity index (χ0n) is 15.9. The maximum Gasteiger partial charge on any atom is 0.313 e. The first-order valence-electron chi connectivity index (χ1n) is 9.17. The zero-order valence-corrected chi connectivity index (χ0v) is 17.6. The van der Waals surface area contributed by atoms with E-state index < -0.39 is 27.9 Å². The lowest BCUT2D eigenvalue weighted by molar-refractivity contribution is -0.136. The quantitative estimate of drug-likeness (QED) is 0.594. The molecule has 0 bridgehead atoms. The number of carbonyl (C=O) groups is 2. The third-order valence-electron chi connectivity index (χ3n) is 4.60. The van der Waals surface area contributed by atoms with Crippen LogP contribution in [0.15, 0.2) is 35.7 Å². The number of sulfonamides is 1. The van der Waals surface area contributed by atoms with Gasteiger partial charge < -0.3 is 15.7 Å². The number of anilines is 2. The van der Waals surface area contributed by atoms with Crippen LogP contribution in [0.1, 0.15) is 29.4 Å². The molecule has 0 fully saturated rings. The van der Waals surface area contributed by atoms with Gasteiger partial charge in [0.05, 0.1) is 18.0 Å². The molecule has 156 valence electrons. The second-order valence-electron chi connectivity index (χ2n) is 6.81. The Bertz CT molecular complexity index is 989. The first-order chi connectivity index (χ1) is 13.8. The number of aryl methyl sites for hydroxylation is 1. The molecule has 0 saturated heterocycles. The lowest BCUT2D eigenvalue weighted by Gasteiger charge is -2.29. The fourth-order valence-corrected chi connectivity index (χ4v) is 4.91. The van der Waals surface area contributed by atoms with Crippen LogP contribution in [0.3, 0.4) is 0 Å². The van der Waals surface area contributed by atoms with Crippen LogP contribution in [-0.4, -0.2) is 44.7 Å². The molecule has 2 amide bonds. The molecule has 0 saturated carbocycles. The van der Waals surface area contributed by atoms with Crippen molar-refractivity contribution < 1.29 is 23.1 Å². The molecule has 3 rings (SSSR count). The number of aliphatic hydroxyl groups is 1. The highest BCUT2D eigenvalue weighted by atomic mass is 32.2. The molecule has 0 spiro atoms. The highest BCUT2D eigenvalue weighted by molar-refractivity contribution is 7.92. The number of hydrogen-bond donors (Lipinski definition) is 3. The molecule has 0 unspecified atom stereocenters. The minimum absolute atomic E-state index is 0.150. The molecule has 2 aromatic rings. The summed E-state index contributed by atoms with van der Waals surface area (Å²) in [5, 5.41) is 16.8. The molecule has 1 aromatic carbocycles. The topological polar surface area (TPSA) is 116 Å². The zero-order chi connectivity index (χ0) is 21.0. The minimum Gasteiger partial charge on any atom is -0.388 e. The second kappa shape index (κ2) is 8.93. The van der Waals surface area contributed by atoms with Gasteiger partial charge in [0.15, 0.2) is 0 Å². The smallest absolute Gasteiger partial charge is 0.313 e. The van der Waals surface area contributed by atoms with Crippen LogP contribution in [0.5, 0.6) is 0 Å². The number of carbonyl (C=O) groups excluding carboxylic acids is 2. The van der Waals surface area contributed by atoms with Crippen LogP contribution in [0.4, 0.5) is 11.4 Å². The van der Waals surface area contributed by atoms with E-state index in [4.69, 9.17) is 0 Å². The van der Waals surface area contributed by atoms with Gasteiger partial charge in [0.2, 0.25) is 10.0 Å². The number of aliphatic hydroxyl groups excluding tert-OH is 1. The molecule has 1 aliphatic rings. The van der Waals surface area contributed by atoms with E-state index in [9.17, 15) is 23.1 Å². The summed E-state index contributed by atoms with van der Waals surface area (Å²) in [6.07, 6.45) is 2.22. The summed E-state index contributed by atoms with van der Waals surface area (Å²) in [4.78, 5) is 25.0. The van der Waals surface area contributed by atoms with Gasteiger partial charge in [-0.05, 0) is 48.4 Å². The largest absolute Gasteiger partial charge is 0.388 e. The van der Waals surface area contributed by atoms with E-state index in [1.807, 2.05) is 11.4 Å². The fraction of sp³-hybridized carbons (Fsp3) is 0.368. The fourth-order valence-electron chi connectivity index (χ4n) is 3.18. The van der Waals surface area contributed by atoms with Gasteiger partial charge in [-0.3, -0.25) is 13.9 Å². The van der Waals surface area contributed by atoms with E-state index in [2.05, 4.69) is 10.6 Å². The summed E-state index contributed by atoms with van der Waals surface area (Å²) in [5.74, 6) is -1.67. The maximum absolute atomic E-state index is 12.1. The van der Waals surface area contributed by atoms with E-state index in [1.54, 1.807) is 24.3 Å². The molecule has 3 N–H and O–H groups in total. The predicted molar refractivity (Wildman–Crippen MR) is 112 cm³/mol. The van der Waals surface area contributed by atoms with E-state index in [1.165, 1.54) is 15.6 Å². The number of thiophene rings is 1. The number of nitrogens with zero attached hydrogens (tertiary/aromatic N) is 1. The van der Waals surface area contributed by atoms with Gasteiger partial charge in [-0.2, -0.15) is 0 Å². The van der Waals surface area contributed by atoms with Crippen molar-refractivity contribution in [1.29, 1.82) is 0 Å². The Balaban J connectivity index is 1.58. The molecule has 8 nitrogen and oxygen atoms in total. The van der Waals surface area contributed by atoms with Crippen molar-refractivity contribution >= 4 is 44.5 Å². The summed E-state index contributed by atoms with van der Waals surface area (Å²) < 4.78 is 25.3.